The fraction of sp³-hybridized carbons (Fsp3) is 0.368. The quantitative estimate of drug-likeness (QED) is 0.628. The van der Waals surface area contributed by atoms with Crippen LogP contribution in [0.2, 0.25) is 0 Å². The second-order valence-electron chi connectivity index (χ2n) is 7.08. The lowest BCUT2D eigenvalue weighted by molar-refractivity contribution is 0.0981. The summed E-state index contributed by atoms with van der Waals surface area (Å²) in [4.78, 5) is 2.61. The van der Waals surface area contributed by atoms with Crippen LogP contribution >= 0.6 is 22.6 Å². The van der Waals surface area contributed by atoms with Gasteiger partial charge in [0.05, 0.1) is 11.7 Å². The normalized spacial score (nSPS) is 44.7. The van der Waals surface area contributed by atoms with Gasteiger partial charge in [-0.25, -0.2) is 0 Å². The van der Waals surface area contributed by atoms with Crippen LogP contribution in [0.3, 0.4) is 0 Å². The molecule has 0 aromatic carbocycles. The van der Waals surface area contributed by atoms with Gasteiger partial charge in [0.15, 0.2) is 0 Å². The van der Waals surface area contributed by atoms with Crippen LogP contribution < -0.4 is 5.73 Å². The minimum Gasteiger partial charge on any atom is -0.315 e. The fourth-order valence-electron chi connectivity index (χ4n) is 5.29. The highest BCUT2D eigenvalue weighted by Gasteiger charge is 2.61. The minimum atomic E-state index is 0.00738. The molecule has 2 heterocycles. The molecule has 0 saturated carbocycles. The predicted octanol–water partition coefficient (Wildman–Crippen LogP) is 3.60. The molecule has 0 bridgehead atoms. The Morgan fingerprint density at radius 3 is 3.05 bits per heavy atom. The van der Waals surface area contributed by atoms with E-state index in [2.05, 4.69) is 83.0 Å². The molecule has 2 saturated heterocycles. The van der Waals surface area contributed by atoms with E-state index in [-0.39, 0.29) is 11.7 Å². The molecule has 22 heavy (non-hydrogen) atoms. The van der Waals surface area contributed by atoms with E-state index in [1.165, 1.54) is 14.7 Å². The van der Waals surface area contributed by atoms with Crippen molar-refractivity contribution >= 4 is 22.6 Å². The number of fused-ring (bicyclic) bond motifs is 5. The summed E-state index contributed by atoms with van der Waals surface area (Å²) in [5.41, 5.74) is 11.1. The van der Waals surface area contributed by atoms with Crippen molar-refractivity contribution in [3.8, 4) is 0 Å². The zero-order chi connectivity index (χ0) is 15.1. The third-order valence-electron chi connectivity index (χ3n) is 6.09. The second-order valence-corrected chi connectivity index (χ2v) is 8.32. The lowest BCUT2D eigenvalue weighted by Crippen LogP contribution is -2.55. The van der Waals surface area contributed by atoms with E-state index < -0.39 is 0 Å². The maximum atomic E-state index is 6.61. The summed E-state index contributed by atoms with van der Waals surface area (Å²) < 4.78 is 1.36. The van der Waals surface area contributed by atoms with Gasteiger partial charge in [0.2, 0.25) is 0 Å². The van der Waals surface area contributed by atoms with Gasteiger partial charge in [-0.05, 0) is 58.7 Å². The Balaban J connectivity index is 1.75. The van der Waals surface area contributed by atoms with E-state index >= 15 is 0 Å². The highest BCUT2D eigenvalue weighted by Crippen LogP contribution is 2.59. The first-order valence-electron chi connectivity index (χ1n) is 7.99. The Bertz CT molecular complexity index is 751. The van der Waals surface area contributed by atoms with Crippen molar-refractivity contribution in [2.24, 2.45) is 17.6 Å². The van der Waals surface area contributed by atoms with Crippen LogP contribution in [0.15, 0.2) is 68.9 Å². The van der Waals surface area contributed by atoms with Crippen LogP contribution in [-0.4, -0.2) is 22.6 Å². The molecule has 112 valence electrons. The third-order valence-corrected chi connectivity index (χ3v) is 6.76. The number of rotatable bonds is 0. The van der Waals surface area contributed by atoms with Crippen molar-refractivity contribution in [3.05, 3.63) is 68.9 Å². The summed E-state index contributed by atoms with van der Waals surface area (Å²) in [5, 5.41) is 0. The maximum Gasteiger partial charge on any atom is 0.0624 e. The van der Waals surface area contributed by atoms with Crippen LogP contribution in [0.5, 0.6) is 0 Å². The maximum absolute atomic E-state index is 6.61. The molecule has 0 amide bonds. The van der Waals surface area contributed by atoms with Crippen molar-refractivity contribution < 1.29 is 0 Å². The Hall–Kier alpha value is -0.910. The fourth-order valence-corrected chi connectivity index (χ4v) is 6.08. The molecule has 0 radical (unpaired) electrons. The molecule has 0 aromatic heterocycles. The van der Waals surface area contributed by atoms with E-state index in [1.807, 2.05) is 0 Å². The summed E-state index contributed by atoms with van der Waals surface area (Å²) in [6.45, 7) is 2.40. The van der Waals surface area contributed by atoms with Gasteiger partial charge in [-0.3, -0.25) is 4.90 Å². The summed E-state index contributed by atoms with van der Waals surface area (Å²) in [6.07, 6.45) is 19.6. The Kier molecular flexibility index (Phi) is 2.67. The molecule has 2 N–H and O–H groups in total. The van der Waals surface area contributed by atoms with Crippen LogP contribution in [-0.2, 0) is 0 Å². The molecule has 0 spiro atoms. The van der Waals surface area contributed by atoms with Crippen molar-refractivity contribution in [2.45, 2.75) is 31.1 Å². The Morgan fingerprint density at radius 1 is 1.32 bits per heavy atom. The van der Waals surface area contributed by atoms with E-state index in [0.29, 0.717) is 17.9 Å². The molecule has 3 heteroatoms. The van der Waals surface area contributed by atoms with Gasteiger partial charge in [-0.2, -0.15) is 0 Å². The first kappa shape index (κ1) is 13.5. The van der Waals surface area contributed by atoms with Gasteiger partial charge < -0.3 is 5.73 Å². The molecule has 2 nitrogen and oxygen atoms in total. The number of hydrogen-bond donors (Lipinski definition) is 1. The van der Waals surface area contributed by atoms with E-state index in [0.717, 1.165) is 6.42 Å². The number of nitrogens with zero attached hydrogens (tertiary/aromatic N) is 1. The van der Waals surface area contributed by atoms with Crippen LogP contribution in [0.4, 0.5) is 0 Å². The molecule has 3 aliphatic carbocycles. The van der Waals surface area contributed by atoms with E-state index in [4.69, 9.17) is 5.73 Å². The number of hydrogen-bond acceptors (Lipinski definition) is 2. The highest BCUT2D eigenvalue weighted by atomic mass is 127. The SMILES string of the molecule is CC12C(=CC=C3C=CC=CC31)C1C=C(I)C=C3CC(N)N2C31. The number of allylic oxidation sites excluding steroid dienone is 7. The monoisotopic (exact) mass is 402 g/mol. The molecule has 5 rings (SSSR count). The molecule has 2 fully saturated rings. The zero-order valence-electron chi connectivity index (χ0n) is 12.5. The van der Waals surface area contributed by atoms with E-state index in [9.17, 15) is 0 Å². The van der Waals surface area contributed by atoms with Crippen molar-refractivity contribution in [1.29, 1.82) is 0 Å². The van der Waals surface area contributed by atoms with Gasteiger partial charge >= 0.3 is 0 Å². The van der Waals surface area contributed by atoms with Crippen LogP contribution in [0, 0.1) is 11.8 Å². The Labute approximate surface area is 145 Å². The summed E-state index contributed by atoms with van der Waals surface area (Å²) in [6, 6.07) is 0.469. The molecule has 5 unspecified atom stereocenters. The van der Waals surface area contributed by atoms with Crippen molar-refractivity contribution in [3.63, 3.8) is 0 Å². The van der Waals surface area contributed by atoms with Gasteiger partial charge in [0.25, 0.3) is 0 Å². The third kappa shape index (κ3) is 1.47. The zero-order valence-corrected chi connectivity index (χ0v) is 14.7. The lowest BCUT2D eigenvalue weighted by atomic mass is 9.68. The van der Waals surface area contributed by atoms with Gasteiger partial charge in [0, 0.05) is 21.5 Å². The summed E-state index contributed by atoms with van der Waals surface area (Å²) in [7, 11) is 0. The predicted molar refractivity (Wildman–Crippen MR) is 98.2 cm³/mol. The highest BCUT2D eigenvalue weighted by molar-refractivity contribution is 14.1. The number of halogens is 1. The number of nitrogens with two attached hydrogens (primary N) is 1. The van der Waals surface area contributed by atoms with Crippen LogP contribution in [0.25, 0.3) is 0 Å². The van der Waals surface area contributed by atoms with Gasteiger partial charge in [0.1, 0.15) is 0 Å². The first-order valence-corrected chi connectivity index (χ1v) is 9.07. The summed E-state index contributed by atoms with van der Waals surface area (Å²) in [5.74, 6) is 0.905. The van der Waals surface area contributed by atoms with Gasteiger partial charge in [-0.1, -0.05) is 42.5 Å². The first-order chi connectivity index (χ1) is 10.6. The topological polar surface area (TPSA) is 29.3 Å². The molecule has 0 aromatic rings. The second kappa shape index (κ2) is 4.34. The molecular formula is C19H19IN2. The minimum absolute atomic E-state index is 0.00738. The lowest BCUT2D eigenvalue weighted by Gasteiger charge is -2.46. The average molecular weight is 402 g/mol. The molecule has 5 aliphatic rings. The standard InChI is InChI=1S/C19H19IN2/c1-19-15-5-3-2-4-11(15)6-7-16(19)14-10-13(20)8-12-9-17(21)22(19)18(12)14/h2-8,10,14-15,17-18H,9,21H2,1H3. The van der Waals surface area contributed by atoms with Crippen molar-refractivity contribution in [2.75, 3.05) is 0 Å². The van der Waals surface area contributed by atoms with Crippen molar-refractivity contribution in [1.82, 2.24) is 4.90 Å². The van der Waals surface area contributed by atoms with Gasteiger partial charge in [-0.15, -0.1) is 0 Å². The molecular weight excluding hydrogens is 383 g/mol. The molecule has 2 aliphatic heterocycles. The smallest absolute Gasteiger partial charge is 0.0624 e. The average Bonchev–Trinajstić information content (AvgIpc) is 2.96. The summed E-state index contributed by atoms with van der Waals surface area (Å²) >= 11 is 2.46. The largest absolute Gasteiger partial charge is 0.315 e. The molecule has 5 atom stereocenters. The van der Waals surface area contributed by atoms with E-state index in [1.54, 1.807) is 5.57 Å². The Morgan fingerprint density at radius 2 is 2.18 bits per heavy atom. The van der Waals surface area contributed by atoms with Crippen LogP contribution in [0.1, 0.15) is 13.3 Å².